The van der Waals surface area contributed by atoms with Gasteiger partial charge in [-0.15, -0.1) is 0 Å². The molecule has 1 amide bonds. The summed E-state index contributed by atoms with van der Waals surface area (Å²) in [7, 11) is 0. The van der Waals surface area contributed by atoms with Crippen LogP contribution in [0, 0.1) is 6.92 Å². The lowest BCUT2D eigenvalue weighted by molar-refractivity contribution is 0.0741. The number of ether oxygens (including phenoxy) is 1. The van der Waals surface area contributed by atoms with Crippen molar-refractivity contribution in [3.05, 3.63) is 11.3 Å². The van der Waals surface area contributed by atoms with Gasteiger partial charge in [0, 0.05) is 25.4 Å². The first-order valence-corrected chi connectivity index (χ1v) is 5.37. The monoisotopic (exact) mass is 224 g/mol. The Bertz CT molecular complexity index is 361. The van der Waals surface area contributed by atoms with Crippen molar-refractivity contribution in [2.24, 2.45) is 0 Å². The average molecular weight is 224 g/mol. The highest BCUT2D eigenvalue weighted by atomic mass is 16.5. The smallest absolute Gasteiger partial charge is 0.259 e. The normalized spacial score (nSPS) is 17.2. The van der Waals surface area contributed by atoms with Crippen LogP contribution in [0.3, 0.4) is 0 Å². The minimum Gasteiger partial charge on any atom is -0.382 e. The molecule has 1 aromatic heterocycles. The molecule has 2 rings (SSSR count). The van der Waals surface area contributed by atoms with Crippen LogP contribution in [0.4, 0.5) is 5.82 Å². The molecule has 0 unspecified atom stereocenters. The molecule has 1 aliphatic heterocycles. The fourth-order valence-electron chi connectivity index (χ4n) is 1.83. The number of H-pyrrole nitrogens is 1. The molecule has 16 heavy (non-hydrogen) atoms. The third-order valence-electron chi connectivity index (χ3n) is 2.70. The second-order valence-corrected chi connectivity index (χ2v) is 3.87. The van der Waals surface area contributed by atoms with Crippen molar-refractivity contribution in [3.63, 3.8) is 0 Å². The number of carbonyl (C=O) groups excluding carboxylic acids is 1. The number of aromatic amines is 1. The van der Waals surface area contributed by atoms with E-state index < -0.39 is 0 Å². The minimum atomic E-state index is -0.0609. The first kappa shape index (κ1) is 10.9. The van der Waals surface area contributed by atoms with Crippen LogP contribution < -0.4 is 5.73 Å². The largest absolute Gasteiger partial charge is 0.382 e. The number of anilines is 1. The SMILES string of the molecule is Cc1[nH]nc(N)c1C(=O)N1CCCOCC1. The molecule has 1 saturated heterocycles. The van der Waals surface area contributed by atoms with Gasteiger partial charge in [0.1, 0.15) is 5.56 Å². The quantitative estimate of drug-likeness (QED) is 0.711. The van der Waals surface area contributed by atoms with Crippen LogP contribution in [0.25, 0.3) is 0 Å². The second kappa shape index (κ2) is 4.52. The topological polar surface area (TPSA) is 84.2 Å². The van der Waals surface area contributed by atoms with Crippen LogP contribution in [-0.2, 0) is 4.74 Å². The number of aromatic nitrogens is 2. The van der Waals surface area contributed by atoms with E-state index >= 15 is 0 Å². The van der Waals surface area contributed by atoms with Gasteiger partial charge in [0.15, 0.2) is 5.82 Å². The standard InChI is InChI=1S/C10H16N4O2/c1-7-8(9(11)13-12-7)10(15)14-3-2-5-16-6-4-14/h2-6H2,1H3,(H3,11,12,13). The molecule has 0 spiro atoms. The highest BCUT2D eigenvalue weighted by Gasteiger charge is 2.22. The highest BCUT2D eigenvalue weighted by molar-refractivity contribution is 5.99. The van der Waals surface area contributed by atoms with Gasteiger partial charge in [0.25, 0.3) is 5.91 Å². The fraction of sp³-hybridized carbons (Fsp3) is 0.600. The first-order chi connectivity index (χ1) is 7.70. The van der Waals surface area contributed by atoms with Gasteiger partial charge in [0.2, 0.25) is 0 Å². The van der Waals surface area contributed by atoms with Gasteiger partial charge in [0.05, 0.1) is 6.61 Å². The number of nitrogen functional groups attached to an aromatic ring is 1. The first-order valence-electron chi connectivity index (χ1n) is 5.37. The van der Waals surface area contributed by atoms with Crippen LogP contribution in [-0.4, -0.2) is 47.3 Å². The van der Waals surface area contributed by atoms with E-state index in [1.165, 1.54) is 0 Å². The van der Waals surface area contributed by atoms with Gasteiger partial charge in [-0.3, -0.25) is 9.89 Å². The van der Waals surface area contributed by atoms with E-state index in [-0.39, 0.29) is 11.7 Å². The molecule has 1 aromatic rings. The number of hydrogen-bond acceptors (Lipinski definition) is 4. The summed E-state index contributed by atoms with van der Waals surface area (Å²) in [6.07, 6.45) is 0.864. The van der Waals surface area contributed by atoms with Crippen molar-refractivity contribution in [1.29, 1.82) is 0 Å². The summed E-state index contributed by atoms with van der Waals surface area (Å²) in [5.74, 6) is 0.210. The van der Waals surface area contributed by atoms with E-state index in [0.29, 0.717) is 37.6 Å². The van der Waals surface area contributed by atoms with E-state index in [2.05, 4.69) is 10.2 Å². The summed E-state index contributed by atoms with van der Waals surface area (Å²) in [5, 5.41) is 6.55. The number of carbonyl (C=O) groups is 1. The van der Waals surface area contributed by atoms with Crippen molar-refractivity contribution in [2.75, 3.05) is 32.0 Å². The number of nitrogens with two attached hydrogens (primary N) is 1. The lowest BCUT2D eigenvalue weighted by atomic mass is 10.2. The molecule has 0 bridgehead atoms. The number of amides is 1. The Kier molecular flexibility index (Phi) is 3.09. The fourth-order valence-corrected chi connectivity index (χ4v) is 1.83. The number of nitrogens with one attached hydrogen (secondary N) is 1. The molecule has 3 N–H and O–H groups in total. The summed E-state index contributed by atoms with van der Waals surface area (Å²) in [6.45, 7) is 4.42. The molecule has 1 fully saturated rings. The van der Waals surface area contributed by atoms with Gasteiger partial charge in [-0.2, -0.15) is 5.10 Å². The average Bonchev–Trinajstić information content (AvgIpc) is 2.51. The molecule has 0 aliphatic carbocycles. The molecule has 88 valence electrons. The Balaban J connectivity index is 2.17. The zero-order chi connectivity index (χ0) is 11.5. The van der Waals surface area contributed by atoms with Gasteiger partial charge < -0.3 is 15.4 Å². The van der Waals surface area contributed by atoms with Crippen LogP contribution in [0.2, 0.25) is 0 Å². The summed E-state index contributed by atoms with van der Waals surface area (Å²) in [6, 6.07) is 0. The molecule has 0 radical (unpaired) electrons. The number of hydrogen-bond donors (Lipinski definition) is 2. The lowest BCUT2D eigenvalue weighted by Gasteiger charge is -2.19. The van der Waals surface area contributed by atoms with Crippen LogP contribution in [0.5, 0.6) is 0 Å². The Morgan fingerprint density at radius 1 is 1.50 bits per heavy atom. The predicted octanol–water partition coefficient (Wildman–Crippen LogP) is 0.163. The summed E-state index contributed by atoms with van der Waals surface area (Å²) in [4.78, 5) is 14.0. The minimum absolute atomic E-state index is 0.0609. The highest BCUT2D eigenvalue weighted by Crippen LogP contribution is 2.16. The molecule has 2 heterocycles. The van der Waals surface area contributed by atoms with E-state index in [9.17, 15) is 4.79 Å². The predicted molar refractivity (Wildman–Crippen MR) is 59.1 cm³/mol. The molecule has 6 heteroatoms. The third-order valence-corrected chi connectivity index (χ3v) is 2.70. The zero-order valence-corrected chi connectivity index (χ0v) is 9.32. The zero-order valence-electron chi connectivity index (χ0n) is 9.32. The van der Waals surface area contributed by atoms with Crippen molar-refractivity contribution in [1.82, 2.24) is 15.1 Å². The van der Waals surface area contributed by atoms with Gasteiger partial charge in [-0.25, -0.2) is 0 Å². The van der Waals surface area contributed by atoms with Crippen molar-refractivity contribution < 1.29 is 9.53 Å². The molecule has 0 atom stereocenters. The molecule has 0 saturated carbocycles. The van der Waals surface area contributed by atoms with Gasteiger partial charge in [-0.1, -0.05) is 0 Å². The molecular weight excluding hydrogens is 208 g/mol. The second-order valence-electron chi connectivity index (χ2n) is 3.87. The molecule has 1 aliphatic rings. The van der Waals surface area contributed by atoms with Crippen LogP contribution >= 0.6 is 0 Å². The van der Waals surface area contributed by atoms with Gasteiger partial charge >= 0.3 is 0 Å². The summed E-state index contributed by atoms with van der Waals surface area (Å²) < 4.78 is 5.30. The molecule has 0 aromatic carbocycles. The lowest BCUT2D eigenvalue weighted by Crippen LogP contribution is -2.33. The van der Waals surface area contributed by atoms with Crippen LogP contribution in [0.1, 0.15) is 22.5 Å². The number of rotatable bonds is 1. The third kappa shape index (κ3) is 2.01. The maximum atomic E-state index is 12.2. The van der Waals surface area contributed by atoms with Gasteiger partial charge in [-0.05, 0) is 13.3 Å². The summed E-state index contributed by atoms with van der Waals surface area (Å²) in [5.41, 5.74) is 6.87. The van der Waals surface area contributed by atoms with E-state index in [0.717, 1.165) is 6.42 Å². The maximum Gasteiger partial charge on any atom is 0.259 e. The van der Waals surface area contributed by atoms with E-state index in [1.807, 2.05) is 0 Å². The number of aryl methyl sites for hydroxylation is 1. The molecular formula is C10H16N4O2. The Labute approximate surface area is 93.8 Å². The van der Waals surface area contributed by atoms with Crippen molar-refractivity contribution in [3.8, 4) is 0 Å². The molecule has 6 nitrogen and oxygen atoms in total. The van der Waals surface area contributed by atoms with E-state index in [1.54, 1.807) is 11.8 Å². The van der Waals surface area contributed by atoms with Crippen LogP contribution in [0.15, 0.2) is 0 Å². The maximum absolute atomic E-state index is 12.2. The Morgan fingerprint density at radius 2 is 2.31 bits per heavy atom. The van der Waals surface area contributed by atoms with E-state index in [4.69, 9.17) is 10.5 Å². The Hall–Kier alpha value is -1.56. The van der Waals surface area contributed by atoms with Crippen molar-refractivity contribution in [2.45, 2.75) is 13.3 Å². The Morgan fingerprint density at radius 3 is 3.00 bits per heavy atom. The van der Waals surface area contributed by atoms with Crippen molar-refractivity contribution >= 4 is 11.7 Å². The summed E-state index contributed by atoms with van der Waals surface area (Å²) >= 11 is 0. The number of nitrogens with zero attached hydrogens (tertiary/aromatic N) is 2.